The highest BCUT2D eigenvalue weighted by Gasteiger charge is 2.35. The molecule has 2 aliphatic rings. The van der Waals surface area contributed by atoms with Crippen LogP contribution in [-0.4, -0.2) is 36.6 Å². The number of nitrogens with one attached hydrogen (secondary N) is 1. The summed E-state index contributed by atoms with van der Waals surface area (Å²) in [4.78, 5) is 2.62. The predicted molar refractivity (Wildman–Crippen MR) is 65.1 cm³/mol. The molecule has 0 unspecified atom stereocenters. The highest BCUT2D eigenvalue weighted by atomic mass is 15.2. The van der Waals surface area contributed by atoms with Gasteiger partial charge < -0.3 is 5.32 Å². The van der Waals surface area contributed by atoms with Crippen molar-refractivity contribution in [1.29, 1.82) is 0 Å². The zero-order valence-electron chi connectivity index (χ0n) is 9.97. The second-order valence-corrected chi connectivity index (χ2v) is 5.07. The van der Waals surface area contributed by atoms with Crippen LogP contribution in [0.3, 0.4) is 0 Å². The van der Waals surface area contributed by atoms with Gasteiger partial charge in [-0.05, 0) is 39.3 Å². The van der Waals surface area contributed by atoms with Crippen molar-refractivity contribution in [2.75, 3.05) is 26.2 Å². The van der Waals surface area contributed by atoms with E-state index in [9.17, 15) is 0 Å². The third-order valence-corrected chi connectivity index (χ3v) is 3.84. The molecule has 1 saturated carbocycles. The molecule has 2 heteroatoms. The van der Waals surface area contributed by atoms with Crippen LogP contribution < -0.4 is 5.32 Å². The van der Waals surface area contributed by atoms with Gasteiger partial charge in [0.05, 0.1) is 0 Å². The molecule has 0 bridgehead atoms. The molecular weight excluding hydrogens is 184 g/mol. The summed E-state index contributed by atoms with van der Waals surface area (Å²) in [5.41, 5.74) is 0.470. The Morgan fingerprint density at radius 2 is 2.07 bits per heavy atom. The Morgan fingerprint density at radius 1 is 1.27 bits per heavy atom. The molecule has 0 amide bonds. The molecule has 1 saturated heterocycles. The average molecular weight is 208 g/mol. The van der Waals surface area contributed by atoms with Crippen LogP contribution in [0, 0.1) is 0 Å². The van der Waals surface area contributed by atoms with E-state index in [-0.39, 0.29) is 0 Å². The van der Waals surface area contributed by atoms with Gasteiger partial charge in [-0.3, -0.25) is 4.90 Å². The Labute approximate surface area is 93.7 Å². The van der Waals surface area contributed by atoms with Gasteiger partial charge in [0.15, 0.2) is 0 Å². The van der Waals surface area contributed by atoms with E-state index in [4.69, 9.17) is 0 Å². The SMILES string of the molecule is C/C=C/CN1CCCNC2(CCCC2)C1. The topological polar surface area (TPSA) is 15.3 Å². The zero-order valence-corrected chi connectivity index (χ0v) is 9.97. The van der Waals surface area contributed by atoms with Gasteiger partial charge in [-0.2, -0.15) is 0 Å². The van der Waals surface area contributed by atoms with Crippen LogP contribution in [0.5, 0.6) is 0 Å². The Hall–Kier alpha value is -0.340. The van der Waals surface area contributed by atoms with E-state index in [1.165, 1.54) is 51.7 Å². The van der Waals surface area contributed by atoms with E-state index in [1.807, 2.05) is 0 Å². The van der Waals surface area contributed by atoms with Gasteiger partial charge in [-0.25, -0.2) is 0 Å². The lowest BCUT2D eigenvalue weighted by molar-refractivity contribution is 0.226. The quantitative estimate of drug-likeness (QED) is 0.700. The predicted octanol–water partition coefficient (Wildman–Crippen LogP) is 2.17. The van der Waals surface area contributed by atoms with Crippen LogP contribution in [0.15, 0.2) is 12.2 Å². The van der Waals surface area contributed by atoms with Gasteiger partial charge in [0.2, 0.25) is 0 Å². The van der Waals surface area contributed by atoms with Crippen LogP contribution in [0.1, 0.15) is 39.0 Å². The normalized spacial score (nSPS) is 27.5. The molecule has 0 aromatic carbocycles. The fourth-order valence-corrected chi connectivity index (χ4v) is 3.02. The summed E-state index contributed by atoms with van der Waals surface area (Å²) in [5, 5.41) is 3.80. The van der Waals surface area contributed by atoms with Crippen molar-refractivity contribution in [3.05, 3.63) is 12.2 Å². The zero-order chi connectivity index (χ0) is 10.6. The summed E-state index contributed by atoms with van der Waals surface area (Å²) in [6, 6.07) is 0. The van der Waals surface area contributed by atoms with E-state index in [0.29, 0.717) is 5.54 Å². The molecule has 2 fully saturated rings. The van der Waals surface area contributed by atoms with Crippen LogP contribution in [0.2, 0.25) is 0 Å². The molecule has 1 aliphatic heterocycles. The van der Waals surface area contributed by atoms with Gasteiger partial charge in [0, 0.05) is 18.6 Å². The molecule has 1 aliphatic carbocycles. The summed E-state index contributed by atoms with van der Waals surface area (Å²) in [5.74, 6) is 0. The van der Waals surface area contributed by atoms with Crippen molar-refractivity contribution in [3.63, 3.8) is 0 Å². The van der Waals surface area contributed by atoms with Crippen molar-refractivity contribution in [1.82, 2.24) is 10.2 Å². The lowest BCUT2D eigenvalue weighted by Gasteiger charge is -2.32. The molecule has 0 atom stereocenters. The Kier molecular flexibility index (Phi) is 3.81. The Bertz CT molecular complexity index is 217. The summed E-state index contributed by atoms with van der Waals surface area (Å²) in [6.45, 7) is 6.99. The monoisotopic (exact) mass is 208 g/mol. The summed E-state index contributed by atoms with van der Waals surface area (Å²) in [6.07, 6.45) is 11.4. The molecule has 0 radical (unpaired) electrons. The van der Waals surface area contributed by atoms with Crippen LogP contribution in [0.4, 0.5) is 0 Å². The van der Waals surface area contributed by atoms with Crippen molar-refractivity contribution in [2.45, 2.75) is 44.6 Å². The minimum Gasteiger partial charge on any atom is -0.310 e. The molecule has 0 aromatic heterocycles. The Morgan fingerprint density at radius 3 is 2.80 bits per heavy atom. The first-order valence-corrected chi connectivity index (χ1v) is 6.43. The van der Waals surface area contributed by atoms with Gasteiger partial charge in [0.1, 0.15) is 0 Å². The largest absolute Gasteiger partial charge is 0.310 e. The maximum absolute atomic E-state index is 3.80. The summed E-state index contributed by atoms with van der Waals surface area (Å²) < 4.78 is 0. The molecule has 1 N–H and O–H groups in total. The van der Waals surface area contributed by atoms with Crippen molar-refractivity contribution in [2.24, 2.45) is 0 Å². The van der Waals surface area contributed by atoms with Crippen molar-refractivity contribution >= 4 is 0 Å². The van der Waals surface area contributed by atoms with E-state index in [0.717, 1.165) is 6.54 Å². The highest BCUT2D eigenvalue weighted by molar-refractivity contribution is 4.98. The fourth-order valence-electron chi connectivity index (χ4n) is 3.02. The molecule has 2 rings (SSSR count). The summed E-state index contributed by atoms with van der Waals surface area (Å²) in [7, 11) is 0. The first kappa shape index (κ1) is 11.2. The number of nitrogens with zero attached hydrogens (tertiary/aromatic N) is 1. The highest BCUT2D eigenvalue weighted by Crippen LogP contribution is 2.31. The van der Waals surface area contributed by atoms with Crippen LogP contribution in [-0.2, 0) is 0 Å². The number of hydrogen-bond donors (Lipinski definition) is 1. The average Bonchev–Trinajstić information content (AvgIpc) is 2.58. The number of rotatable bonds is 2. The van der Waals surface area contributed by atoms with E-state index in [1.54, 1.807) is 0 Å². The first-order valence-electron chi connectivity index (χ1n) is 6.43. The minimum absolute atomic E-state index is 0.470. The van der Waals surface area contributed by atoms with Crippen molar-refractivity contribution < 1.29 is 0 Å². The third kappa shape index (κ3) is 2.82. The lowest BCUT2D eigenvalue weighted by Crippen LogP contribution is -2.49. The standard InChI is InChI=1S/C13H24N2/c1-2-3-10-15-11-6-9-14-13(12-15)7-4-5-8-13/h2-3,14H,4-12H2,1H3/b3-2+. The van der Waals surface area contributed by atoms with Crippen LogP contribution >= 0.6 is 0 Å². The van der Waals surface area contributed by atoms with Gasteiger partial charge in [0.25, 0.3) is 0 Å². The molecule has 1 heterocycles. The van der Waals surface area contributed by atoms with Gasteiger partial charge >= 0.3 is 0 Å². The molecule has 0 aromatic rings. The lowest BCUT2D eigenvalue weighted by atomic mass is 9.97. The molecule has 15 heavy (non-hydrogen) atoms. The molecule has 86 valence electrons. The smallest absolute Gasteiger partial charge is 0.0308 e. The molecular formula is C13H24N2. The van der Waals surface area contributed by atoms with Crippen LogP contribution in [0.25, 0.3) is 0 Å². The number of allylic oxidation sites excluding steroid dienone is 1. The van der Waals surface area contributed by atoms with Gasteiger partial charge in [-0.1, -0.05) is 25.0 Å². The maximum Gasteiger partial charge on any atom is 0.0308 e. The van der Waals surface area contributed by atoms with E-state index < -0.39 is 0 Å². The van der Waals surface area contributed by atoms with E-state index in [2.05, 4.69) is 29.3 Å². The maximum atomic E-state index is 3.80. The fraction of sp³-hybridized carbons (Fsp3) is 0.846. The minimum atomic E-state index is 0.470. The third-order valence-electron chi connectivity index (χ3n) is 3.84. The first-order chi connectivity index (χ1) is 7.35. The number of hydrogen-bond acceptors (Lipinski definition) is 2. The molecule has 2 nitrogen and oxygen atoms in total. The second kappa shape index (κ2) is 5.13. The molecule has 1 spiro atoms. The van der Waals surface area contributed by atoms with E-state index >= 15 is 0 Å². The Balaban J connectivity index is 1.95. The summed E-state index contributed by atoms with van der Waals surface area (Å²) >= 11 is 0. The van der Waals surface area contributed by atoms with Crippen molar-refractivity contribution in [3.8, 4) is 0 Å². The second-order valence-electron chi connectivity index (χ2n) is 5.07. The van der Waals surface area contributed by atoms with Gasteiger partial charge in [-0.15, -0.1) is 0 Å².